The number of anilines is 2. The molecule has 0 unspecified atom stereocenters. The minimum Gasteiger partial charge on any atom is -0.483 e. The molecular weight excluding hydrogens is 332 g/mol. The van der Waals surface area contributed by atoms with Crippen molar-refractivity contribution in [3.63, 3.8) is 0 Å². The van der Waals surface area contributed by atoms with Gasteiger partial charge in [-0.1, -0.05) is 28.1 Å². The Labute approximate surface area is 132 Å². The van der Waals surface area contributed by atoms with Crippen LogP contribution in [0.25, 0.3) is 0 Å². The monoisotopic (exact) mass is 348 g/mol. The first-order valence-corrected chi connectivity index (χ1v) is 7.30. The predicted octanol–water partition coefficient (Wildman–Crippen LogP) is 3.67. The van der Waals surface area contributed by atoms with Crippen LogP contribution in [0.15, 0.2) is 40.9 Å². The molecule has 0 atom stereocenters. The number of ether oxygens (including phenoxy) is 1. The largest absolute Gasteiger partial charge is 0.483 e. The summed E-state index contributed by atoms with van der Waals surface area (Å²) in [6, 6.07) is 11.1. The van der Waals surface area contributed by atoms with Gasteiger partial charge in [-0.25, -0.2) is 0 Å². The highest BCUT2D eigenvalue weighted by molar-refractivity contribution is 9.10. The number of aryl methyl sites for hydroxylation is 2. The lowest BCUT2D eigenvalue weighted by molar-refractivity contribution is -0.118. The summed E-state index contributed by atoms with van der Waals surface area (Å²) in [5, 5.41) is 2.77. The van der Waals surface area contributed by atoms with Gasteiger partial charge in [0, 0.05) is 21.9 Å². The van der Waals surface area contributed by atoms with Gasteiger partial charge in [-0.05, 0) is 43.2 Å². The maximum atomic E-state index is 11.9. The molecule has 0 aliphatic carbocycles. The molecule has 0 aliphatic heterocycles. The topological polar surface area (TPSA) is 64.3 Å². The highest BCUT2D eigenvalue weighted by atomic mass is 79.9. The molecule has 21 heavy (non-hydrogen) atoms. The maximum Gasteiger partial charge on any atom is 0.262 e. The smallest absolute Gasteiger partial charge is 0.262 e. The Morgan fingerprint density at radius 2 is 2.00 bits per heavy atom. The van der Waals surface area contributed by atoms with Crippen molar-refractivity contribution in [2.24, 2.45) is 0 Å². The van der Waals surface area contributed by atoms with Crippen molar-refractivity contribution in [3.8, 4) is 5.75 Å². The summed E-state index contributed by atoms with van der Waals surface area (Å²) >= 11 is 3.36. The van der Waals surface area contributed by atoms with Crippen molar-refractivity contribution in [3.05, 3.63) is 52.0 Å². The second-order valence-corrected chi connectivity index (χ2v) is 5.74. The summed E-state index contributed by atoms with van der Waals surface area (Å²) in [6.45, 7) is 3.80. The molecule has 1 amide bonds. The van der Waals surface area contributed by atoms with E-state index in [9.17, 15) is 4.79 Å². The van der Waals surface area contributed by atoms with Gasteiger partial charge in [0.05, 0.1) is 0 Å². The number of nitrogen functional groups attached to an aromatic ring is 1. The molecule has 3 N–H and O–H groups in total. The highest BCUT2D eigenvalue weighted by Crippen LogP contribution is 2.24. The Morgan fingerprint density at radius 3 is 2.71 bits per heavy atom. The van der Waals surface area contributed by atoms with Gasteiger partial charge in [0.15, 0.2) is 6.61 Å². The van der Waals surface area contributed by atoms with Crippen LogP contribution in [0.1, 0.15) is 11.1 Å². The molecule has 0 bridgehead atoms. The van der Waals surface area contributed by atoms with E-state index in [0.29, 0.717) is 11.4 Å². The number of rotatable bonds is 4. The van der Waals surface area contributed by atoms with Crippen LogP contribution in [0.5, 0.6) is 5.75 Å². The molecule has 0 heterocycles. The Bertz CT molecular complexity index is 671. The summed E-state index contributed by atoms with van der Waals surface area (Å²) in [5.74, 6) is 0.411. The molecular formula is C16H17BrN2O2. The van der Waals surface area contributed by atoms with Crippen molar-refractivity contribution in [1.82, 2.24) is 0 Å². The van der Waals surface area contributed by atoms with E-state index in [1.807, 2.05) is 44.2 Å². The fourth-order valence-corrected chi connectivity index (χ4v) is 2.31. The van der Waals surface area contributed by atoms with E-state index in [1.165, 1.54) is 0 Å². The second kappa shape index (κ2) is 6.63. The lowest BCUT2D eigenvalue weighted by Crippen LogP contribution is -2.20. The highest BCUT2D eigenvalue weighted by Gasteiger charge is 2.07. The number of benzene rings is 2. The lowest BCUT2D eigenvalue weighted by atomic mass is 10.1. The van der Waals surface area contributed by atoms with E-state index in [4.69, 9.17) is 10.5 Å². The SMILES string of the molecule is Cc1cc(C)c(OCC(=O)Nc2cccc(Br)c2)cc1N. The molecule has 2 rings (SSSR count). The van der Waals surface area contributed by atoms with E-state index in [1.54, 1.807) is 6.07 Å². The first-order valence-electron chi connectivity index (χ1n) is 6.50. The quantitative estimate of drug-likeness (QED) is 0.828. The summed E-state index contributed by atoms with van der Waals surface area (Å²) in [5.41, 5.74) is 9.18. The van der Waals surface area contributed by atoms with E-state index >= 15 is 0 Å². The van der Waals surface area contributed by atoms with Crippen molar-refractivity contribution >= 4 is 33.2 Å². The molecule has 0 aliphatic rings. The number of halogens is 1. The molecule has 0 saturated heterocycles. The van der Waals surface area contributed by atoms with Crippen LogP contribution in [0.2, 0.25) is 0 Å². The zero-order valence-electron chi connectivity index (χ0n) is 11.9. The molecule has 2 aromatic rings. The molecule has 0 saturated carbocycles. The maximum absolute atomic E-state index is 11.9. The number of nitrogens with two attached hydrogens (primary N) is 1. The third-order valence-corrected chi connectivity index (χ3v) is 3.52. The van der Waals surface area contributed by atoms with Crippen molar-refractivity contribution in [2.75, 3.05) is 17.7 Å². The van der Waals surface area contributed by atoms with E-state index in [0.717, 1.165) is 21.3 Å². The van der Waals surface area contributed by atoms with Crippen LogP contribution in [-0.4, -0.2) is 12.5 Å². The van der Waals surface area contributed by atoms with Gasteiger partial charge in [0.25, 0.3) is 5.91 Å². The lowest BCUT2D eigenvalue weighted by Gasteiger charge is -2.12. The number of hydrogen-bond donors (Lipinski definition) is 2. The first kappa shape index (κ1) is 15.4. The minimum atomic E-state index is -0.216. The van der Waals surface area contributed by atoms with Crippen LogP contribution in [0.3, 0.4) is 0 Å². The summed E-state index contributed by atoms with van der Waals surface area (Å²) in [6.07, 6.45) is 0. The third kappa shape index (κ3) is 4.23. The average Bonchev–Trinajstić information content (AvgIpc) is 2.41. The zero-order valence-corrected chi connectivity index (χ0v) is 13.5. The number of carbonyl (C=O) groups is 1. The second-order valence-electron chi connectivity index (χ2n) is 4.82. The first-order chi connectivity index (χ1) is 9.95. The Hall–Kier alpha value is -2.01. The van der Waals surface area contributed by atoms with Crippen LogP contribution in [-0.2, 0) is 4.79 Å². The van der Waals surface area contributed by atoms with Gasteiger partial charge < -0.3 is 15.8 Å². The molecule has 0 spiro atoms. The van der Waals surface area contributed by atoms with Crippen LogP contribution in [0, 0.1) is 13.8 Å². The molecule has 4 nitrogen and oxygen atoms in total. The van der Waals surface area contributed by atoms with Gasteiger partial charge in [-0.15, -0.1) is 0 Å². The number of amides is 1. The van der Waals surface area contributed by atoms with Gasteiger partial charge >= 0.3 is 0 Å². The van der Waals surface area contributed by atoms with Crippen molar-refractivity contribution in [2.45, 2.75) is 13.8 Å². The number of hydrogen-bond acceptors (Lipinski definition) is 3. The van der Waals surface area contributed by atoms with E-state index in [-0.39, 0.29) is 12.5 Å². The molecule has 2 aromatic carbocycles. The van der Waals surface area contributed by atoms with E-state index < -0.39 is 0 Å². The predicted molar refractivity (Wildman–Crippen MR) is 88.6 cm³/mol. The molecule has 5 heteroatoms. The minimum absolute atomic E-state index is 0.0597. The average molecular weight is 349 g/mol. The van der Waals surface area contributed by atoms with Crippen LogP contribution >= 0.6 is 15.9 Å². The Morgan fingerprint density at radius 1 is 1.24 bits per heavy atom. The summed E-state index contributed by atoms with van der Waals surface area (Å²) in [7, 11) is 0. The van der Waals surface area contributed by atoms with Gasteiger partial charge in [0.2, 0.25) is 0 Å². The molecule has 0 radical (unpaired) electrons. The van der Waals surface area contributed by atoms with Crippen molar-refractivity contribution < 1.29 is 9.53 Å². The fourth-order valence-electron chi connectivity index (χ4n) is 1.91. The zero-order chi connectivity index (χ0) is 15.4. The standard InChI is InChI=1S/C16H17BrN2O2/c1-10-6-11(2)15(8-14(10)18)21-9-16(20)19-13-5-3-4-12(17)7-13/h3-8H,9,18H2,1-2H3,(H,19,20). The summed E-state index contributed by atoms with van der Waals surface area (Å²) in [4.78, 5) is 11.9. The molecule has 0 aromatic heterocycles. The number of nitrogens with one attached hydrogen (secondary N) is 1. The number of carbonyl (C=O) groups excluding carboxylic acids is 1. The Balaban J connectivity index is 1.97. The van der Waals surface area contributed by atoms with Gasteiger partial charge in [-0.3, -0.25) is 4.79 Å². The Kier molecular flexibility index (Phi) is 4.85. The van der Waals surface area contributed by atoms with E-state index in [2.05, 4.69) is 21.2 Å². The molecule has 0 fully saturated rings. The normalized spacial score (nSPS) is 10.2. The van der Waals surface area contributed by atoms with Crippen LogP contribution < -0.4 is 15.8 Å². The van der Waals surface area contributed by atoms with Crippen LogP contribution in [0.4, 0.5) is 11.4 Å². The van der Waals surface area contributed by atoms with Gasteiger partial charge in [-0.2, -0.15) is 0 Å². The fraction of sp³-hybridized carbons (Fsp3) is 0.188. The third-order valence-electron chi connectivity index (χ3n) is 3.03. The molecule has 110 valence electrons. The van der Waals surface area contributed by atoms with Gasteiger partial charge in [0.1, 0.15) is 5.75 Å². The van der Waals surface area contributed by atoms with Crippen molar-refractivity contribution in [1.29, 1.82) is 0 Å². The summed E-state index contributed by atoms with van der Waals surface area (Å²) < 4.78 is 6.44.